The molecule has 0 saturated carbocycles. The molecule has 0 radical (unpaired) electrons. The molecule has 2 aromatic carbocycles. The van der Waals surface area contributed by atoms with Gasteiger partial charge in [-0.2, -0.15) is 0 Å². The molecule has 0 aromatic heterocycles. The summed E-state index contributed by atoms with van der Waals surface area (Å²) in [4.78, 5) is 42.9. The number of hydrogen-bond donors (Lipinski definition) is 1. The second-order valence-corrected chi connectivity index (χ2v) is 7.21. The van der Waals surface area contributed by atoms with Gasteiger partial charge in [0.05, 0.1) is 18.4 Å². The van der Waals surface area contributed by atoms with E-state index in [2.05, 4.69) is 5.32 Å². The lowest BCUT2D eigenvalue weighted by Gasteiger charge is -2.49. The molecule has 29 heavy (non-hydrogen) atoms. The molecule has 0 bridgehead atoms. The average Bonchev–Trinajstić information content (AvgIpc) is 3.09. The van der Waals surface area contributed by atoms with Crippen molar-refractivity contribution in [2.75, 3.05) is 23.9 Å². The Morgan fingerprint density at radius 2 is 1.97 bits per heavy atom. The van der Waals surface area contributed by atoms with Crippen molar-refractivity contribution in [2.45, 2.75) is 31.8 Å². The Balaban J connectivity index is 1.82. The maximum absolute atomic E-state index is 13.6. The van der Waals surface area contributed by atoms with E-state index in [0.29, 0.717) is 35.7 Å². The van der Waals surface area contributed by atoms with Crippen molar-refractivity contribution in [3.8, 4) is 5.75 Å². The zero-order chi connectivity index (χ0) is 20.6. The van der Waals surface area contributed by atoms with Crippen molar-refractivity contribution in [3.63, 3.8) is 0 Å². The molecule has 0 aliphatic carbocycles. The number of carbonyl (C=O) groups is 3. The van der Waals surface area contributed by atoms with Crippen LogP contribution in [0.5, 0.6) is 5.75 Å². The Kier molecular flexibility index (Phi) is 4.74. The van der Waals surface area contributed by atoms with Crippen LogP contribution in [-0.2, 0) is 9.59 Å². The molecule has 150 valence electrons. The van der Waals surface area contributed by atoms with Crippen molar-refractivity contribution in [2.24, 2.45) is 0 Å². The predicted octanol–water partition coefficient (Wildman–Crippen LogP) is 3.02. The number of anilines is 2. The first-order valence-corrected chi connectivity index (χ1v) is 9.72. The van der Waals surface area contributed by atoms with Crippen LogP contribution in [-0.4, -0.2) is 41.9 Å². The Morgan fingerprint density at radius 3 is 2.72 bits per heavy atom. The molecule has 0 unspecified atom stereocenters. The second-order valence-electron chi connectivity index (χ2n) is 7.21. The predicted molar refractivity (Wildman–Crippen MR) is 109 cm³/mol. The molecule has 1 atom stereocenters. The minimum atomic E-state index is -1.37. The van der Waals surface area contributed by atoms with Gasteiger partial charge in [0.25, 0.3) is 11.8 Å². The third kappa shape index (κ3) is 2.85. The highest BCUT2D eigenvalue weighted by atomic mass is 16.5. The van der Waals surface area contributed by atoms with E-state index < -0.39 is 11.6 Å². The van der Waals surface area contributed by atoms with Gasteiger partial charge >= 0.3 is 0 Å². The molecule has 3 amide bonds. The molecular formula is C22H23N3O4. The molecular weight excluding hydrogens is 370 g/mol. The van der Waals surface area contributed by atoms with Gasteiger partial charge in [-0.1, -0.05) is 25.1 Å². The zero-order valence-corrected chi connectivity index (χ0v) is 16.5. The molecule has 4 rings (SSSR count). The summed E-state index contributed by atoms with van der Waals surface area (Å²) in [7, 11) is 1.55. The van der Waals surface area contributed by atoms with Crippen LogP contribution in [0, 0.1) is 0 Å². The molecule has 2 aromatic rings. The summed E-state index contributed by atoms with van der Waals surface area (Å²) in [5.41, 5.74) is 0.113. The number of methoxy groups -OCH3 is 1. The van der Waals surface area contributed by atoms with Crippen LogP contribution in [0.15, 0.2) is 48.5 Å². The summed E-state index contributed by atoms with van der Waals surface area (Å²) in [6.07, 6.45) is 1.12. The number of rotatable bonds is 5. The Morgan fingerprint density at radius 1 is 1.17 bits per heavy atom. The van der Waals surface area contributed by atoms with Gasteiger partial charge in [-0.25, -0.2) is 0 Å². The standard InChI is InChI=1S/C22H23N3O4/c1-3-13-24-20(27)17-9-4-5-10-18(17)25-19(26)11-12-22(24,25)21(28)23-15-7-6-8-16(14-15)29-2/h4-10,14H,3,11-13H2,1-2H3,(H,23,28)/t22-/m0/s1. The van der Waals surface area contributed by atoms with Gasteiger partial charge in [0.2, 0.25) is 11.6 Å². The van der Waals surface area contributed by atoms with Gasteiger partial charge in [0, 0.05) is 31.1 Å². The number of ether oxygens (including phenoxy) is 1. The number of carbonyl (C=O) groups excluding carboxylic acids is 3. The van der Waals surface area contributed by atoms with Crippen molar-refractivity contribution >= 4 is 29.1 Å². The molecule has 2 heterocycles. The van der Waals surface area contributed by atoms with E-state index in [9.17, 15) is 14.4 Å². The smallest absolute Gasteiger partial charge is 0.271 e. The first-order valence-electron chi connectivity index (χ1n) is 9.72. The molecule has 1 N–H and O–H groups in total. The van der Waals surface area contributed by atoms with Gasteiger partial charge in [-0.05, 0) is 30.7 Å². The van der Waals surface area contributed by atoms with E-state index in [4.69, 9.17) is 4.74 Å². The molecule has 7 nitrogen and oxygen atoms in total. The SMILES string of the molecule is CCCN1C(=O)c2ccccc2N2C(=O)CC[C@]12C(=O)Nc1cccc(OC)c1. The monoisotopic (exact) mass is 393 g/mol. The summed E-state index contributed by atoms with van der Waals surface area (Å²) in [5.74, 6) is -0.177. The normalized spacial score (nSPS) is 20.3. The van der Waals surface area contributed by atoms with E-state index >= 15 is 0 Å². The van der Waals surface area contributed by atoms with Gasteiger partial charge in [-0.3, -0.25) is 19.3 Å². The Hall–Kier alpha value is -3.35. The topological polar surface area (TPSA) is 79.0 Å². The second kappa shape index (κ2) is 7.24. The minimum Gasteiger partial charge on any atom is -0.497 e. The summed E-state index contributed by atoms with van der Waals surface area (Å²) in [5, 5.41) is 2.90. The highest BCUT2D eigenvalue weighted by Crippen LogP contribution is 2.45. The lowest BCUT2D eigenvalue weighted by atomic mass is 9.95. The molecule has 2 aliphatic heterocycles. The first kappa shape index (κ1) is 19.0. The summed E-state index contributed by atoms with van der Waals surface area (Å²) < 4.78 is 5.23. The largest absolute Gasteiger partial charge is 0.497 e. The van der Waals surface area contributed by atoms with Crippen LogP contribution in [0.2, 0.25) is 0 Å². The van der Waals surface area contributed by atoms with Crippen LogP contribution < -0.4 is 15.0 Å². The third-order valence-corrected chi connectivity index (χ3v) is 5.51. The summed E-state index contributed by atoms with van der Waals surface area (Å²) in [6, 6.07) is 14.0. The van der Waals surface area contributed by atoms with Gasteiger partial charge in [0.15, 0.2) is 0 Å². The van der Waals surface area contributed by atoms with Crippen molar-refractivity contribution in [1.82, 2.24) is 4.90 Å². The number of benzene rings is 2. The number of fused-ring (bicyclic) bond motifs is 3. The van der Waals surface area contributed by atoms with Gasteiger partial charge < -0.3 is 15.0 Å². The van der Waals surface area contributed by atoms with Crippen molar-refractivity contribution < 1.29 is 19.1 Å². The highest BCUT2D eigenvalue weighted by Gasteiger charge is 2.60. The maximum Gasteiger partial charge on any atom is 0.271 e. The van der Waals surface area contributed by atoms with Gasteiger partial charge in [0.1, 0.15) is 5.75 Å². The Bertz CT molecular complexity index is 990. The number of para-hydroxylation sites is 1. The molecule has 7 heteroatoms. The first-order chi connectivity index (χ1) is 14.0. The van der Waals surface area contributed by atoms with Gasteiger partial charge in [-0.15, -0.1) is 0 Å². The van der Waals surface area contributed by atoms with E-state index in [1.165, 1.54) is 4.90 Å². The van der Waals surface area contributed by atoms with E-state index in [1.54, 1.807) is 60.5 Å². The van der Waals surface area contributed by atoms with E-state index in [0.717, 1.165) is 0 Å². The molecule has 1 saturated heterocycles. The molecule has 2 aliphatic rings. The van der Waals surface area contributed by atoms with Crippen LogP contribution in [0.1, 0.15) is 36.5 Å². The summed E-state index contributed by atoms with van der Waals surface area (Å²) in [6.45, 7) is 2.32. The van der Waals surface area contributed by atoms with Crippen molar-refractivity contribution in [3.05, 3.63) is 54.1 Å². The fraction of sp³-hybridized carbons (Fsp3) is 0.318. The lowest BCUT2D eigenvalue weighted by molar-refractivity contribution is -0.128. The van der Waals surface area contributed by atoms with Crippen molar-refractivity contribution in [1.29, 1.82) is 0 Å². The minimum absolute atomic E-state index is 0.160. The van der Waals surface area contributed by atoms with Crippen LogP contribution in [0.4, 0.5) is 11.4 Å². The highest BCUT2D eigenvalue weighted by molar-refractivity contribution is 6.18. The zero-order valence-electron chi connectivity index (χ0n) is 16.5. The van der Waals surface area contributed by atoms with Crippen LogP contribution in [0.25, 0.3) is 0 Å². The van der Waals surface area contributed by atoms with Crippen LogP contribution >= 0.6 is 0 Å². The average molecular weight is 393 g/mol. The van der Waals surface area contributed by atoms with E-state index in [-0.39, 0.29) is 24.7 Å². The fourth-order valence-electron chi connectivity index (χ4n) is 4.24. The fourth-order valence-corrected chi connectivity index (χ4v) is 4.24. The molecule has 0 spiro atoms. The molecule has 1 fully saturated rings. The van der Waals surface area contributed by atoms with E-state index in [1.807, 2.05) is 6.92 Å². The summed E-state index contributed by atoms with van der Waals surface area (Å²) >= 11 is 0. The lowest BCUT2D eigenvalue weighted by Crippen LogP contribution is -2.69. The quantitative estimate of drug-likeness (QED) is 0.847. The van der Waals surface area contributed by atoms with Crippen LogP contribution in [0.3, 0.4) is 0 Å². The number of hydrogen-bond acceptors (Lipinski definition) is 4. The number of amides is 3. The number of nitrogens with zero attached hydrogens (tertiary/aromatic N) is 2. The third-order valence-electron chi connectivity index (χ3n) is 5.51. The number of nitrogens with one attached hydrogen (secondary N) is 1. The maximum atomic E-state index is 13.6. The Labute approximate surface area is 169 Å².